The normalized spacial score (nSPS) is 27.8. The molecule has 0 amide bonds. The molecule has 0 bridgehead atoms. The molecule has 0 saturated heterocycles. The first-order valence-corrected chi connectivity index (χ1v) is 3.62. The molecule has 0 nitrogen and oxygen atoms in total. The Balaban J connectivity index is 2.33. The van der Waals surface area contributed by atoms with Crippen LogP contribution in [0.25, 0.3) is 0 Å². The maximum Gasteiger partial charge on any atom is 0.0450 e. The number of halogens is 1. The Hall–Kier alpha value is 0.290. The predicted octanol–water partition coefficient (Wildman–Crippen LogP) is 2.76. The van der Waals surface area contributed by atoms with Gasteiger partial charge in [0.1, 0.15) is 0 Å². The summed E-state index contributed by atoms with van der Waals surface area (Å²) < 4.78 is 0. The molecule has 1 aliphatic rings. The van der Waals surface area contributed by atoms with E-state index >= 15 is 0 Å². The van der Waals surface area contributed by atoms with E-state index < -0.39 is 0 Å². The molecule has 1 rings (SSSR count). The lowest BCUT2D eigenvalue weighted by atomic mass is 9.90. The summed E-state index contributed by atoms with van der Waals surface area (Å²) in [7, 11) is 0. The van der Waals surface area contributed by atoms with E-state index in [1.165, 1.54) is 19.3 Å². The second-order valence-electron chi connectivity index (χ2n) is 2.73. The Bertz CT molecular complexity index is 68.5. The number of hydrogen-bond donors (Lipinski definition) is 0. The van der Waals surface area contributed by atoms with Crippen molar-refractivity contribution < 1.29 is 0 Å². The first-order valence-electron chi connectivity index (χ1n) is 3.24. The van der Waals surface area contributed by atoms with Crippen LogP contribution in [0.2, 0.25) is 0 Å². The lowest BCUT2D eigenvalue weighted by Crippen LogP contribution is -2.20. The highest BCUT2D eigenvalue weighted by Gasteiger charge is 2.23. The molecule has 0 aromatic rings. The highest BCUT2D eigenvalue weighted by Crippen LogP contribution is 2.31. The van der Waals surface area contributed by atoms with E-state index in [2.05, 4.69) is 13.3 Å². The van der Waals surface area contributed by atoms with E-state index in [-0.39, 0.29) is 4.87 Å². The van der Waals surface area contributed by atoms with Crippen molar-refractivity contribution in [1.82, 2.24) is 0 Å². The molecule has 0 aromatic heterocycles. The quantitative estimate of drug-likeness (QED) is 0.444. The largest absolute Gasteiger partial charge is 0.119 e. The van der Waals surface area contributed by atoms with Crippen LogP contribution in [0.15, 0.2) is 0 Å². The highest BCUT2D eigenvalue weighted by molar-refractivity contribution is 6.24. The summed E-state index contributed by atoms with van der Waals surface area (Å²) in [5.41, 5.74) is 0. The minimum Gasteiger partial charge on any atom is -0.119 e. The number of alkyl halides is 1. The summed E-state index contributed by atoms with van der Waals surface area (Å²) in [5.74, 6) is 0. The lowest BCUT2D eigenvalue weighted by Gasteiger charge is -2.25. The maximum atomic E-state index is 6.02. The molecule has 0 N–H and O–H groups in total. The Morgan fingerprint density at radius 2 is 2.25 bits per heavy atom. The molecular weight excluding hydrogens is 120 g/mol. The second-order valence-corrected chi connectivity index (χ2v) is 3.59. The van der Waals surface area contributed by atoms with Gasteiger partial charge in [-0.25, -0.2) is 0 Å². The zero-order valence-corrected chi connectivity index (χ0v) is 6.04. The smallest absolute Gasteiger partial charge is 0.0450 e. The lowest BCUT2D eigenvalue weighted by molar-refractivity contribution is 0.504. The van der Waals surface area contributed by atoms with Gasteiger partial charge >= 0.3 is 0 Å². The fourth-order valence-electron chi connectivity index (χ4n) is 1.12. The second kappa shape index (κ2) is 2.26. The molecular formula is C7H12Cl. The van der Waals surface area contributed by atoms with Crippen molar-refractivity contribution in [2.45, 2.75) is 37.5 Å². The van der Waals surface area contributed by atoms with Crippen LogP contribution in [-0.4, -0.2) is 4.87 Å². The molecule has 0 aliphatic heterocycles. The van der Waals surface area contributed by atoms with Crippen molar-refractivity contribution in [3.05, 3.63) is 6.42 Å². The molecule has 0 aromatic carbocycles. The molecule has 8 heavy (non-hydrogen) atoms. The van der Waals surface area contributed by atoms with Gasteiger partial charge in [-0.2, -0.15) is 0 Å². The molecule has 1 heteroatoms. The minimum atomic E-state index is 0.0260. The zero-order chi connectivity index (χ0) is 6.04. The number of hydrogen-bond acceptors (Lipinski definition) is 0. The molecule has 0 heterocycles. The summed E-state index contributed by atoms with van der Waals surface area (Å²) in [6.07, 6.45) is 7.23. The molecule has 1 radical (unpaired) electrons. The van der Waals surface area contributed by atoms with Gasteiger partial charge in [-0.05, 0) is 26.2 Å². The van der Waals surface area contributed by atoms with Crippen LogP contribution >= 0.6 is 11.6 Å². The fourth-order valence-corrected chi connectivity index (χ4v) is 1.36. The van der Waals surface area contributed by atoms with Crippen LogP contribution in [-0.2, 0) is 0 Å². The summed E-state index contributed by atoms with van der Waals surface area (Å²) in [4.78, 5) is 0.0260. The molecule has 1 fully saturated rings. The van der Waals surface area contributed by atoms with Gasteiger partial charge in [-0.3, -0.25) is 0 Å². The third kappa shape index (κ3) is 1.66. The molecule has 47 valence electrons. The minimum absolute atomic E-state index is 0.0260. The Labute approximate surface area is 56.2 Å². The average Bonchev–Trinajstić information content (AvgIpc) is 1.65. The third-order valence-electron chi connectivity index (χ3n) is 1.69. The van der Waals surface area contributed by atoms with E-state index in [9.17, 15) is 0 Å². The van der Waals surface area contributed by atoms with Gasteiger partial charge in [-0.1, -0.05) is 12.8 Å². The SMILES string of the molecule is CC1(Cl)[CH]CCCC1. The van der Waals surface area contributed by atoms with E-state index in [4.69, 9.17) is 11.6 Å². The Morgan fingerprint density at radius 3 is 2.50 bits per heavy atom. The highest BCUT2D eigenvalue weighted by atomic mass is 35.5. The molecule has 0 spiro atoms. The summed E-state index contributed by atoms with van der Waals surface area (Å²) >= 11 is 6.02. The van der Waals surface area contributed by atoms with Crippen molar-refractivity contribution >= 4 is 11.6 Å². The summed E-state index contributed by atoms with van der Waals surface area (Å²) in [6, 6.07) is 0. The van der Waals surface area contributed by atoms with E-state index in [0.29, 0.717) is 0 Å². The monoisotopic (exact) mass is 131 g/mol. The van der Waals surface area contributed by atoms with Crippen molar-refractivity contribution in [3.63, 3.8) is 0 Å². The fraction of sp³-hybridized carbons (Fsp3) is 0.857. The van der Waals surface area contributed by atoms with Gasteiger partial charge in [0.2, 0.25) is 0 Å². The van der Waals surface area contributed by atoms with Crippen LogP contribution < -0.4 is 0 Å². The van der Waals surface area contributed by atoms with Gasteiger partial charge in [0, 0.05) is 4.87 Å². The summed E-state index contributed by atoms with van der Waals surface area (Å²) in [5, 5.41) is 0. The van der Waals surface area contributed by atoms with Gasteiger partial charge in [0.25, 0.3) is 0 Å². The standard InChI is InChI=1S/C7H12Cl/c1-7(8)5-3-2-4-6-7/h5H,2-4,6H2,1H3. The maximum absolute atomic E-state index is 6.02. The van der Waals surface area contributed by atoms with Crippen LogP contribution in [0, 0.1) is 6.42 Å². The first kappa shape index (κ1) is 6.41. The predicted molar refractivity (Wildman–Crippen MR) is 37.0 cm³/mol. The molecule has 1 unspecified atom stereocenters. The molecule has 1 saturated carbocycles. The van der Waals surface area contributed by atoms with Crippen LogP contribution in [0.1, 0.15) is 32.6 Å². The third-order valence-corrected chi connectivity index (χ3v) is 2.03. The van der Waals surface area contributed by atoms with Crippen molar-refractivity contribution in [2.75, 3.05) is 0 Å². The van der Waals surface area contributed by atoms with E-state index in [1.807, 2.05) is 0 Å². The van der Waals surface area contributed by atoms with Crippen molar-refractivity contribution in [2.24, 2.45) is 0 Å². The van der Waals surface area contributed by atoms with E-state index in [1.54, 1.807) is 0 Å². The van der Waals surface area contributed by atoms with Gasteiger partial charge in [0.05, 0.1) is 0 Å². The molecule has 1 aliphatic carbocycles. The van der Waals surface area contributed by atoms with Gasteiger partial charge in [0.15, 0.2) is 0 Å². The van der Waals surface area contributed by atoms with Crippen LogP contribution in [0.4, 0.5) is 0 Å². The average molecular weight is 132 g/mol. The number of rotatable bonds is 0. The zero-order valence-electron chi connectivity index (χ0n) is 5.28. The van der Waals surface area contributed by atoms with Crippen molar-refractivity contribution in [1.29, 1.82) is 0 Å². The molecule has 1 atom stereocenters. The van der Waals surface area contributed by atoms with Crippen LogP contribution in [0.3, 0.4) is 0 Å². The summed E-state index contributed by atoms with van der Waals surface area (Å²) in [6.45, 7) is 2.09. The van der Waals surface area contributed by atoms with Gasteiger partial charge in [-0.15, -0.1) is 11.6 Å². The Morgan fingerprint density at radius 1 is 1.50 bits per heavy atom. The van der Waals surface area contributed by atoms with Crippen molar-refractivity contribution in [3.8, 4) is 0 Å². The van der Waals surface area contributed by atoms with E-state index in [0.717, 1.165) is 6.42 Å². The van der Waals surface area contributed by atoms with Crippen LogP contribution in [0.5, 0.6) is 0 Å². The van der Waals surface area contributed by atoms with Gasteiger partial charge < -0.3 is 0 Å². The topological polar surface area (TPSA) is 0 Å². The Kier molecular flexibility index (Phi) is 1.81. The first-order chi connectivity index (χ1) is 3.71.